The first kappa shape index (κ1) is 11.9. The normalized spacial score (nSPS) is 20.4. The summed E-state index contributed by atoms with van der Waals surface area (Å²) >= 11 is 5.72. The molecule has 96 valence electrons. The van der Waals surface area contributed by atoms with E-state index < -0.39 is 5.82 Å². The zero-order valence-electron chi connectivity index (χ0n) is 9.77. The van der Waals surface area contributed by atoms with Gasteiger partial charge < -0.3 is 4.74 Å². The second-order valence-electron chi connectivity index (χ2n) is 4.61. The number of hydrogen-bond acceptors (Lipinski definition) is 3. The van der Waals surface area contributed by atoms with Crippen molar-refractivity contribution in [1.29, 1.82) is 0 Å². The summed E-state index contributed by atoms with van der Waals surface area (Å²) in [6.07, 6.45) is 2.18. The molecule has 3 rings (SSSR count). The largest absolute Gasteiger partial charge is 0.381 e. The number of halogens is 2. The van der Waals surface area contributed by atoms with Gasteiger partial charge in [-0.3, -0.25) is 0 Å². The standard InChI is InChI=1S/C12H13ClFN3O/c13-9-4-11-12(5-10(9)14)17(16-15-11)6-8-2-1-3-18-7-8/h4-5,8H,1-3,6-7H2. The predicted octanol–water partition coefficient (Wildman–Crippen LogP) is 2.65. The number of fused-ring (bicyclic) bond motifs is 1. The lowest BCUT2D eigenvalue weighted by atomic mass is 10.0. The highest BCUT2D eigenvalue weighted by molar-refractivity contribution is 6.31. The van der Waals surface area contributed by atoms with Gasteiger partial charge in [-0.2, -0.15) is 0 Å². The first-order chi connectivity index (χ1) is 8.74. The highest BCUT2D eigenvalue weighted by atomic mass is 35.5. The second kappa shape index (κ2) is 4.82. The first-order valence-electron chi connectivity index (χ1n) is 6.00. The third kappa shape index (κ3) is 2.20. The summed E-state index contributed by atoms with van der Waals surface area (Å²) in [6.45, 7) is 2.27. The molecule has 6 heteroatoms. The second-order valence-corrected chi connectivity index (χ2v) is 5.02. The number of rotatable bonds is 2. The van der Waals surface area contributed by atoms with E-state index in [2.05, 4.69) is 10.3 Å². The van der Waals surface area contributed by atoms with Crippen molar-refractivity contribution >= 4 is 22.6 Å². The molecule has 1 atom stereocenters. The van der Waals surface area contributed by atoms with E-state index in [1.165, 1.54) is 12.1 Å². The molecule has 1 aromatic carbocycles. The minimum absolute atomic E-state index is 0.0792. The fourth-order valence-electron chi connectivity index (χ4n) is 2.29. The van der Waals surface area contributed by atoms with Gasteiger partial charge in [0.2, 0.25) is 0 Å². The summed E-state index contributed by atoms with van der Waals surface area (Å²) < 4.78 is 20.6. The molecule has 1 fully saturated rings. The molecule has 1 aromatic heterocycles. The monoisotopic (exact) mass is 269 g/mol. The average Bonchev–Trinajstić information content (AvgIpc) is 2.74. The van der Waals surface area contributed by atoms with E-state index in [0.717, 1.165) is 26.1 Å². The van der Waals surface area contributed by atoms with Crippen molar-refractivity contribution in [2.24, 2.45) is 5.92 Å². The summed E-state index contributed by atoms with van der Waals surface area (Å²) in [5.41, 5.74) is 1.31. The molecule has 0 radical (unpaired) electrons. The van der Waals surface area contributed by atoms with E-state index >= 15 is 0 Å². The maximum Gasteiger partial charge on any atom is 0.144 e. The first-order valence-corrected chi connectivity index (χ1v) is 6.38. The van der Waals surface area contributed by atoms with Crippen LogP contribution in [0, 0.1) is 11.7 Å². The Balaban J connectivity index is 1.89. The van der Waals surface area contributed by atoms with Crippen molar-refractivity contribution < 1.29 is 9.13 Å². The van der Waals surface area contributed by atoms with Crippen molar-refractivity contribution in [3.63, 3.8) is 0 Å². The summed E-state index contributed by atoms with van der Waals surface area (Å²) in [6, 6.07) is 2.90. The Kier molecular flexibility index (Phi) is 3.18. The highest BCUT2D eigenvalue weighted by Gasteiger charge is 2.17. The molecule has 0 amide bonds. The fraction of sp³-hybridized carbons (Fsp3) is 0.500. The van der Waals surface area contributed by atoms with Crippen LogP contribution in [0.1, 0.15) is 12.8 Å². The number of hydrogen-bond donors (Lipinski definition) is 0. The molecular weight excluding hydrogens is 257 g/mol. The lowest BCUT2D eigenvalue weighted by Gasteiger charge is -2.21. The van der Waals surface area contributed by atoms with Gasteiger partial charge in [0, 0.05) is 25.1 Å². The van der Waals surface area contributed by atoms with Gasteiger partial charge in [0.15, 0.2) is 0 Å². The van der Waals surface area contributed by atoms with Crippen LogP contribution in [0.2, 0.25) is 5.02 Å². The van der Waals surface area contributed by atoms with Crippen molar-refractivity contribution in [3.8, 4) is 0 Å². The van der Waals surface area contributed by atoms with Gasteiger partial charge in [-0.05, 0) is 18.9 Å². The average molecular weight is 270 g/mol. The topological polar surface area (TPSA) is 39.9 Å². The van der Waals surface area contributed by atoms with Crippen LogP contribution in [-0.4, -0.2) is 28.2 Å². The Bertz CT molecular complexity index is 566. The molecule has 0 spiro atoms. The minimum Gasteiger partial charge on any atom is -0.381 e. The Morgan fingerprint density at radius 3 is 3.17 bits per heavy atom. The van der Waals surface area contributed by atoms with E-state index in [4.69, 9.17) is 16.3 Å². The van der Waals surface area contributed by atoms with E-state index in [9.17, 15) is 4.39 Å². The molecule has 4 nitrogen and oxygen atoms in total. The van der Waals surface area contributed by atoms with Crippen LogP contribution in [0.3, 0.4) is 0 Å². The van der Waals surface area contributed by atoms with Crippen LogP contribution in [0.25, 0.3) is 11.0 Å². The van der Waals surface area contributed by atoms with Gasteiger partial charge in [0.25, 0.3) is 0 Å². The Labute approximate surface area is 109 Å². The van der Waals surface area contributed by atoms with Crippen LogP contribution in [-0.2, 0) is 11.3 Å². The molecule has 2 aromatic rings. The van der Waals surface area contributed by atoms with Crippen LogP contribution in [0.15, 0.2) is 12.1 Å². The van der Waals surface area contributed by atoms with Crippen molar-refractivity contribution in [2.75, 3.05) is 13.2 Å². The number of nitrogens with zero attached hydrogens (tertiary/aromatic N) is 3. The molecule has 0 aliphatic carbocycles. The Hall–Kier alpha value is -1.20. The number of ether oxygens (including phenoxy) is 1. The molecule has 2 heterocycles. The lowest BCUT2D eigenvalue weighted by molar-refractivity contribution is 0.0473. The van der Waals surface area contributed by atoms with E-state index in [1.807, 2.05) is 0 Å². The predicted molar refractivity (Wildman–Crippen MR) is 66.0 cm³/mol. The molecule has 18 heavy (non-hydrogen) atoms. The molecule has 0 bridgehead atoms. The summed E-state index contributed by atoms with van der Waals surface area (Å²) in [7, 11) is 0. The Morgan fingerprint density at radius 1 is 1.50 bits per heavy atom. The molecule has 0 N–H and O–H groups in total. The van der Waals surface area contributed by atoms with E-state index in [1.54, 1.807) is 4.68 Å². The fourth-order valence-corrected chi connectivity index (χ4v) is 2.45. The molecule has 1 aliphatic heterocycles. The van der Waals surface area contributed by atoms with E-state index in [-0.39, 0.29) is 5.02 Å². The maximum absolute atomic E-state index is 13.5. The molecule has 1 aliphatic rings. The third-order valence-electron chi connectivity index (χ3n) is 3.24. The van der Waals surface area contributed by atoms with Gasteiger partial charge in [-0.15, -0.1) is 5.10 Å². The SMILES string of the molecule is Fc1cc2c(cc1Cl)nnn2CC1CCCOC1. The third-order valence-corrected chi connectivity index (χ3v) is 3.53. The number of benzene rings is 1. The minimum atomic E-state index is -0.437. The highest BCUT2D eigenvalue weighted by Crippen LogP contribution is 2.23. The van der Waals surface area contributed by atoms with Gasteiger partial charge >= 0.3 is 0 Å². The molecule has 1 unspecified atom stereocenters. The summed E-state index contributed by atoms with van der Waals surface area (Å²) in [4.78, 5) is 0. The lowest BCUT2D eigenvalue weighted by Crippen LogP contribution is -2.22. The van der Waals surface area contributed by atoms with Crippen molar-refractivity contribution in [1.82, 2.24) is 15.0 Å². The molecule has 1 saturated heterocycles. The van der Waals surface area contributed by atoms with Gasteiger partial charge in [-0.25, -0.2) is 9.07 Å². The summed E-state index contributed by atoms with van der Waals surface area (Å²) in [5, 5.41) is 8.14. The Morgan fingerprint density at radius 2 is 2.39 bits per heavy atom. The van der Waals surface area contributed by atoms with Crippen molar-refractivity contribution in [2.45, 2.75) is 19.4 Å². The van der Waals surface area contributed by atoms with Crippen LogP contribution in [0.5, 0.6) is 0 Å². The van der Waals surface area contributed by atoms with Crippen LogP contribution < -0.4 is 0 Å². The van der Waals surface area contributed by atoms with Crippen LogP contribution in [0.4, 0.5) is 4.39 Å². The smallest absolute Gasteiger partial charge is 0.144 e. The summed E-state index contributed by atoms with van der Waals surface area (Å²) in [5.74, 6) is -0.0185. The quantitative estimate of drug-likeness (QED) is 0.841. The van der Waals surface area contributed by atoms with E-state index in [0.29, 0.717) is 23.5 Å². The molecule has 0 saturated carbocycles. The van der Waals surface area contributed by atoms with Crippen LogP contribution >= 0.6 is 11.6 Å². The molecular formula is C12H13ClFN3O. The van der Waals surface area contributed by atoms with Gasteiger partial charge in [-0.1, -0.05) is 16.8 Å². The zero-order chi connectivity index (χ0) is 12.5. The number of aromatic nitrogens is 3. The maximum atomic E-state index is 13.5. The van der Waals surface area contributed by atoms with Gasteiger partial charge in [0.05, 0.1) is 17.1 Å². The zero-order valence-corrected chi connectivity index (χ0v) is 10.5. The van der Waals surface area contributed by atoms with Crippen molar-refractivity contribution in [3.05, 3.63) is 23.0 Å². The van der Waals surface area contributed by atoms with Gasteiger partial charge in [0.1, 0.15) is 11.3 Å².